The van der Waals surface area contributed by atoms with Crippen LogP contribution in [0.15, 0.2) is 17.7 Å². The smallest absolute Gasteiger partial charge is 0.244 e. The van der Waals surface area contributed by atoms with E-state index in [1.54, 1.807) is 10.5 Å². The number of aliphatic hydroxyl groups excluding tert-OH is 2. The Morgan fingerprint density at radius 2 is 2.47 bits per heavy atom. The number of carbonyl (C=O) groups excluding carboxylic acids is 1. The lowest BCUT2D eigenvalue weighted by Crippen LogP contribution is -2.32. The summed E-state index contributed by atoms with van der Waals surface area (Å²) in [5.74, 6) is -0.381. The van der Waals surface area contributed by atoms with Gasteiger partial charge >= 0.3 is 0 Å². The first-order valence-corrected chi connectivity index (χ1v) is 6.73. The van der Waals surface area contributed by atoms with Crippen molar-refractivity contribution < 1.29 is 15.0 Å². The van der Waals surface area contributed by atoms with Gasteiger partial charge < -0.3 is 15.5 Å². The summed E-state index contributed by atoms with van der Waals surface area (Å²) in [6.07, 6.45) is 3.71. The molecule has 0 spiro atoms. The third-order valence-electron chi connectivity index (χ3n) is 2.37. The molecule has 2 aromatic heterocycles. The van der Waals surface area contributed by atoms with E-state index in [0.29, 0.717) is 10.8 Å². The summed E-state index contributed by atoms with van der Waals surface area (Å²) in [6.45, 7) is -0.401. The third-order valence-corrected chi connectivity index (χ3v) is 3.40. The number of aliphatic hydroxyl groups is 2. The highest BCUT2D eigenvalue weighted by Crippen LogP contribution is 2.22. The van der Waals surface area contributed by atoms with Crippen LogP contribution in [0.2, 0.25) is 5.15 Å². The molecule has 0 aliphatic rings. The van der Waals surface area contributed by atoms with Gasteiger partial charge in [-0.05, 0) is 6.08 Å². The maximum absolute atomic E-state index is 11.5. The second-order valence-corrected chi connectivity index (χ2v) is 4.99. The fourth-order valence-corrected chi connectivity index (χ4v) is 2.43. The molecule has 0 saturated heterocycles. The third kappa shape index (κ3) is 3.32. The number of fused-ring (bicyclic) bond motifs is 1. The minimum atomic E-state index is -0.959. The van der Waals surface area contributed by atoms with Crippen molar-refractivity contribution in [2.24, 2.45) is 0 Å². The second-order valence-electron chi connectivity index (χ2n) is 3.76. The lowest BCUT2D eigenvalue weighted by molar-refractivity contribution is -0.117. The summed E-state index contributed by atoms with van der Waals surface area (Å²) in [5.41, 5.74) is 0.621. The molecule has 2 heterocycles. The number of hydrogen-bond donors (Lipinski definition) is 3. The molecule has 0 aromatic carbocycles. The quantitative estimate of drug-likeness (QED) is 0.703. The highest BCUT2D eigenvalue weighted by molar-refractivity contribution is 7.15. The van der Waals surface area contributed by atoms with Gasteiger partial charge in [0.25, 0.3) is 0 Å². The minimum absolute atomic E-state index is 0.00628. The average Bonchev–Trinajstić information content (AvgIpc) is 2.94. The van der Waals surface area contributed by atoms with Crippen LogP contribution >= 0.6 is 22.9 Å². The minimum Gasteiger partial charge on any atom is -0.394 e. The van der Waals surface area contributed by atoms with Crippen LogP contribution in [-0.2, 0) is 4.79 Å². The van der Waals surface area contributed by atoms with Gasteiger partial charge in [-0.15, -0.1) is 11.3 Å². The molecule has 2 rings (SSSR count). The normalized spacial score (nSPS) is 13.2. The number of hydrogen-bond acceptors (Lipinski definition) is 5. The summed E-state index contributed by atoms with van der Waals surface area (Å²) in [5, 5.41) is 22.4. The van der Waals surface area contributed by atoms with Crippen molar-refractivity contribution in [2.75, 3.05) is 13.2 Å². The highest BCUT2D eigenvalue weighted by atomic mass is 35.5. The molecule has 1 amide bonds. The summed E-state index contributed by atoms with van der Waals surface area (Å²) < 4.78 is 1.78. The van der Waals surface area contributed by atoms with Gasteiger partial charge in [0.15, 0.2) is 10.1 Å². The summed E-state index contributed by atoms with van der Waals surface area (Å²) >= 11 is 7.41. The molecule has 6 nitrogen and oxygen atoms in total. The van der Waals surface area contributed by atoms with E-state index in [1.807, 2.05) is 11.6 Å². The van der Waals surface area contributed by atoms with E-state index in [-0.39, 0.29) is 12.5 Å². The van der Waals surface area contributed by atoms with Gasteiger partial charge in [-0.25, -0.2) is 4.98 Å². The van der Waals surface area contributed by atoms with Gasteiger partial charge in [-0.1, -0.05) is 11.6 Å². The lowest BCUT2D eigenvalue weighted by Gasteiger charge is -2.06. The number of aromatic nitrogens is 2. The first-order valence-electron chi connectivity index (χ1n) is 5.47. The Bertz CT molecular complexity index is 607. The van der Waals surface area contributed by atoms with Crippen molar-refractivity contribution >= 4 is 39.9 Å². The average molecular weight is 302 g/mol. The van der Waals surface area contributed by atoms with Crippen LogP contribution in [0, 0.1) is 0 Å². The first kappa shape index (κ1) is 14.0. The molecule has 3 N–H and O–H groups in total. The summed E-state index contributed by atoms with van der Waals surface area (Å²) in [6, 6.07) is 0. The Balaban J connectivity index is 2.03. The Kier molecular flexibility index (Phi) is 4.54. The van der Waals surface area contributed by atoms with Crippen molar-refractivity contribution in [2.45, 2.75) is 6.10 Å². The van der Waals surface area contributed by atoms with E-state index in [0.717, 1.165) is 4.96 Å². The molecule has 0 bridgehead atoms. The first-order chi connectivity index (χ1) is 9.11. The zero-order chi connectivity index (χ0) is 13.8. The van der Waals surface area contributed by atoms with Crippen molar-refractivity contribution in [1.82, 2.24) is 14.7 Å². The van der Waals surface area contributed by atoms with Crippen LogP contribution in [-0.4, -0.2) is 44.8 Å². The molecule has 1 atom stereocenters. The van der Waals surface area contributed by atoms with Gasteiger partial charge in [0.2, 0.25) is 5.91 Å². The molecule has 0 radical (unpaired) electrons. The van der Waals surface area contributed by atoms with E-state index >= 15 is 0 Å². The van der Waals surface area contributed by atoms with Crippen molar-refractivity contribution in [1.29, 1.82) is 0 Å². The number of carbonyl (C=O) groups is 1. The molecule has 19 heavy (non-hydrogen) atoms. The van der Waals surface area contributed by atoms with E-state index in [1.165, 1.54) is 17.4 Å². The van der Waals surface area contributed by atoms with Crippen LogP contribution in [0.3, 0.4) is 0 Å². The monoisotopic (exact) mass is 301 g/mol. The van der Waals surface area contributed by atoms with Gasteiger partial charge in [-0.2, -0.15) is 0 Å². The Morgan fingerprint density at radius 3 is 3.21 bits per heavy atom. The standard InChI is InChI=1S/C11H12ClN3O3S/c12-10-8(15-3-4-19-11(15)14-10)1-2-9(18)13-5-7(17)6-16/h1-4,7,16-17H,5-6H2,(H,13,18). The van der Waals surface area contributed by atoms with Crippen LogP contribution < -0.4 is 5.32 Å². The second kappa shape index (κ2) is 6.16. The topological polar surface area (TPSA) is 86.9 Å². The van der Waals surface area contributed by atoms with E-state index in [2.05, 4.69) is 10.3 Å². The number of amides is 1. The zero-order valence-electron chi connectivity index (χ0n) is 9.78. The fourth-order valence-electron chi connectivity index (χ4n) is 1.42. The maximum Gasteiger partial charge on any atom is 0.244 e. The molecule has 102 valence electrons. The lowest BCUT2D eigenvalue weighted by atomic mass is 10.3. The molecule has 0 fully saturated rings. The van der Waals surface area contributed by atoms with E-state index < -0.39 is 12.7 Å². The largest absolute Gasteiger partial charge is 0.394 e. The predicted molar refractivity (Wildman–Crippen MR) is 73.2 cm³/mol. The molecule has 0 saturated carbocycles. The summed E-state index contributed by atoms with van der Waals surface area (Å²) in [7, 11) is 0. The number of nitrogens with one attached hydrogen (secondary N) is 1. The summed E-state index contributed by atoms with van der Waals surface area (Å²) in [4.78, 5) is 16.4. The van der Waals surface area contributed by atoms with Crippen LogP contribution in [0.1, 0.15) is 5.69 Å². The molecule has 2 aromatic rings. The van der Waals surface area contributed by atoms with Gasteiger partial charge in [0.1, 0.15) is 0 Å². The number of thiazole rings is 1. The maximum atomic E-state index is 11.5. The van der Waals surface area contributed by atoms with Crippen LogP contribution in [0.25, 0.3) is 11.0 Å². The van der Waals surface area contributed by atoms with Crippen molar-refractivity contribution in [3.05, 3.63) is 28.5 Å². The van der Waals surface area contributed by atoms with Crippen LogP contribution in [0.5, 0.6) is 0 Å². The predicted octanol–water partition coefficient (Wildman–Crippen LogP) is 0.532. The molecule has 1 unspecified atom stereocenters. The van der Waals surface area contributed by atoms with Gasteiger partial charge in [-0.3, -0.25) is 9.20 Å². The van der Waals surface area contributed by atoms with Crippen LogP contribution in [0.4, 0.5) is 0 Å². The fraction of sp³-hybridized carbons (Fsp3) is 0.273. The van der Waals surface area contributed by atoms with E-state index in [9.17, 15) is 4.79 Å². The van der Waals surface area contributed by atoms with Crippen molar-refractivity contribution in [3.8, 4) is 0 Å². The molecule has 0 aliphatic carbocycles. The molecule has 8 heteroatoms. The zero-order valence-corrected chi connectivity index (χ0v) is 11.4. The van der Waals surface area contributed by atoms with Crippen molar-refractivity contribution in [3.63, 3.8) is 0 Å². The number of nitrogens with zero attached hydrogens (tertiary/aromatic N) is 2. The highest BCUT2D eigenvalue weighted by Gasteiger charge is 2.09. The van der Waals surface area contributed by atoms with Gasteiger partial charge in [0, 0.05) is 24.2 Å². The number of rotatable bonds is 5. The molecular formula is C11H12ClN3O3S. The Labute approximate surface area is 118 Å². The number of halogens is 1. The molecular weight excluding hydrogens is 290 g/mol. The molecule has 0 aliphatic heterocycles. The SMILES string of the molecule is O=C(C=Cc1c(Cl)nc2sccn12)NCC(O)CO. The van der Waals surface area contributed by atoms with Gasteiger partial charge in [0.05, 0.1) is 18.4 Å². The Hall–Kier alpha value is -1.41. The number of imidazole rings is 1. The van der Waals surface area contributed by atoms with E-state index in [4.69, 9.17) is 21.8 Å². The Morgan fingerprint density at radius 1 is 1.68 bits per heavy atom.